The Hall–Kier alpha value is -2.53. The Bertz CT molecular complexity index is 585. The third-order valence-electron chi connectivity index (χ3n) is 3.25. The van der Waals surface area contributed by atoms with Gasteiger partial charge in [-0.15, -0.1) is 0 Å². The Balaban J connectivity index is 1.75. The lowest BCUT2D eigenvalue weighted by Crippen LogP contribution is -2.37. The van der Waals surface area contributed by atoms with Crippen molar-refractivity contribution in [1.29, 1.82) is 0 Å². The summed E-state index contributed by atoms with van der Waals surface area (Å²) in [5, 5.41) is 15.4. The van der Waals surface area contributed by atoms with Gasteiger partial charge >= 0.3 is 6.03 Å². The molecule has 1 atom stereocenters. The number of rotatable bonds is 6. The van der Waals surface area contributed by atoms with E-state index in [1.54, 1.807) is 31.4 Å². The summed E-state index contributed by atoms with van der Waals surface area (Å²) in [6.45, 7) is 0.595. The van der Waals surface area contributed by atoms with Crippen LogP contribution < -0.4 is 15.4 Å². The van der Waals surface area contributed by atoms with Crippen LogP contribution in [0, 0.1) is 0 Å². The number of carbonyl (C=O) groups is 1. The van der Waals surface area contributed by atoms with E-state index >= 15 is 0 Å². The number of ether oxygens (including phenoxy) is 1. The topological polar surface area (TPSA) is 70.6 Å². The highest BCUT2D eigenvalue weighted by atomic mass is 16.5. The average molecular weight is 300 g/mol. The van der Waals surface area contributed by atoms with Crippen molar-refractivity contribution >= 4 is 6.03 Å². The van der Waals surface area contributed by atoms with Gasteiger partial charge in [0.1, 0.15) is 5.75 Å². The van der Waals surface area contributed by atoms with E-state index in [1.807, 2.05) is 30.3 Å². The van der Waals surface area contributed by atoms with Gasteiger partial charge in [0.25, 0.3) is 0 Å². The van der Waals surface area contributed by atoms with Crippen LogP contribution in [0.4, 0.5) is 4.79 Å². The molecule has 22 heavy (non-hydrogen) atoms. The first-order chi connectivity index (χ1) is 10.7. The first-order valence-corrected chi connectivity index (χ1v) is 7.06. The number of carbonyl (C=O) groups excluding carboxylic acids is 1. The first kappa shape index (κ1) is 15.9. The van der Waals surface area contributed by atoms with Gasteiger partial charge in [-0.25, -0.2) is 4.79 Å². The van der Waals surface area contributed by atoms with Crippen molar-refractivity contribution in [3.8, 4) is 5.75 Å². The highest BCUT2D eigenvalue weighted by Crippen LogP contribution is 2.16. The second-order valence-electron chi connectivity index (χ2n) is 4.84. The van der Waals surface area contributed by atoms with Crippen LogP contribution in [0.5, 0.6) is 5.75 Å². The number of hydrogen-bond donors (Lipinski definition) is 3. The maximum atomic E-state index is 11.7. The number of urea groups is 1. The summed E-state index contributed by atoms with van der Waals surface area (Å²) in [5.41, 5.74) is 1.75. The van der Waals surface area contributed by atoms with Crippen LogP contribution in [0.1, 0.15) is 17.2 Å². The van der Waals surface area contributed by atoms with Gasteiger partial charge in [-0.3, -0.25) is 0 Å². The molecule has 0 heterocycles. The number of hydrogen-bond acceptors (Lipinski definition) is 3. The molecule has 2 aromatic rings. The van der Waals surface area contributed by atoms with E-state index in [1.165, 1.54) is 0 Å². The van der Waals surface area contributed by atoms with Crippen LogP contribution in [-0.2, 0) is 6.54 Å². The van der Waals surface area contributed by atoms with Gasteiger partial charge in [-0.1, -0.05) is 42.5 Å². The van der Waals surface area contributed by atoms with Crippen LogP contribution in [0.3, 0.4) is 0 Å². The smallest absolute Gasteiger partial charge is 0.315 e. The van der Waals surface area contributed by atoms with Gasteiger partial charge in [0.05, 0.1) is 13.2 Å². The highest BCUT2D eigenvalue weighted by molar-refractivity contribution is 5.73. The summed E-state index contributed by atoms with van der Waals surface area (Å²) in [5.74, 6) is 0.726. The lowest BCUT2D eigenvalue weighted by Gasteiger charge is -2.13. The van der Waals surface area contributed by atoms with Gasteiger partial charge in [-0.2, -0.15) is 0 Å². The highest BCUT2D eigenvalue weighted by Gasteiger charge is 2.09. The van der Waals surface area contributed by atoms with Crippen molar-refractivity contribution < 1.29 is 14.6 Å². The average Bonchev–Trinajstić information content (AvgIpc) is 2.58. The van der Waals surface area contributed by atoms with Crippen LogP contribution in [0.2, 0.25) is 0 Å². The van der Waals surface area contributed by atoms with Gasteiger partial charge in [0.2, 0.25) is 0 Å². The molecule has 0 spiro atoms. The zero-order valence-corrected chi connectivity index (χ0v) is 12.5. The summed E-state index contributed by atoms with van der Waals surface area (Å²) in [7, 11) is 1.59. The SMILES string of the molecule is COc1ccc(C(O)CNC(=O)NCc2ccccc2)cc1. The predicted octanol–water partition coefficient (Wildman–Crippen LogP) is 2.23. The van der Waals surface area contributed by atoms with E-state index in [-0.39, 0.29) is 12.6 Å². The minimum Gasteiger partial charge on any atom is -0.497 e. The van der Waals surface area contributed by atoms with Gasteiger partial charge < -0.3 is 20.5 Å². The molecule has 5 nitrogen and oxygen atoms in total. The van der Waals surface area contributed by atoms with E-state index in [4.69, 9.17) is 4.74 Å². The zero-order chi connectivity index (χ0) is 15.8. The molecule has 3 N–H and O–H groups in total. The maximum Gasteiger partial charge on any atom is 0.315 e. The summed E-state index contributed by atoms with van der Waals surface area (Å²) < 4.78 is 5.06. The quantitative estimate of drug-likeness (QED) is 0.766. The maximum absolute atomic E-state index is 11.7. The van der Waals surface area contributed by atoms with Crippen LogP contribution >= 0.6 is 0 Å². The number of amides is 2. The van der Waals surface area contributed by atoms with Crippen molar-refractivity contribution in [2.24, 2.45) is 0 Å². The monoisotopic (exact) mass is 300 g/mol. The Morgan fingerprint density at radius 3 is 2.41 bits per heavy atom. The van der Waals surface area contributed by atoms with E-state index in [0.29, 0.717) is 6.54 Å². The van der Waals surface area contributed by atoms with Gasteiger partial charge in [-0.05, 0) is 23.3 Å². The molecule has 2 amide bonds. The summed E-state index contributed by atoms with van der Waals surface area (Å²) in [4.78, 5) is 11.7. The normalized spacial score (nSPS) is 11.5. The minimum absolute atomic E-state index is 0.146. The first-order valence-electron chi connectivity index (χ1n) is 7.06. The summed E-state index contributed by atoms with van der Waals surface area (Å²) in [6, 6.07) is 16.4. The number of nitrogens with one attached hydrogen (secondary N) is 2. The minimum atomic E-state index is -0.756. The fraction of sp³-hybridized carbons (Fsp3) is 0.235. The van der Waals surface area contributed by atoms with Crippen LogP contribution in [0.15, 0.2) is 54.6 Å². The standard InChI is InChI=1S/C17H20N2O3/c1-22-15-9-7-14(8-10-15)16(20)12-19-17(21)18-11-13-5-3-2-4-6-13/h2-10,16,20H,11-12H2,1H3,(H2,18,19,21). The van der Waals surface area contributed by atoms with Crippen molar-refractivity contribution in [3.63, 3.8) is 0 Å². The molecule has 0 radical (unpaired) electrons. The van der Waals surface area contributed by atoms with Gasteiger partial charge in [0, 0.05) is 13.1 Å². The molecular formula is C17H20N2O3. The second-order valence-corrected chi connectivity index (χ2v) is 4.84. The molecular weight excluding hydrogens is 280 g/mol. The zero-order valence-electron chi connectivity index (χ0n) is 12.5. The van der Waals surface area contributed by atoms with Crippen molar-refractivity contribution in [2.45, 2.75) is 12.6 Å². The molecule has 0 saturated carbocycles. The molecule has 2 aromatic carbocycles. The molecule has 0 aliphatic heterocycles. The molecule has 1 unspecified atom stereocenters. The number of aliphatic hydroxyl groups is 1. The number of aliphatic hydroxyl groups excluding tert-OH is 1. The molecule has 0 fully saturated rings. The van der Waals surface area contributed by atoms with Crippen molar-refractivity contribution in [2.75, 3.05) is 13.7 Å². The molecule has 0 aliphatic rings. The lowest BCUT2D eigenvalue weighted by molar-refractivity contribution is 0.173. The van der Waals surface area contributed by atoms with E-state index in [9.17, 15) is 9.90 Å². The van der Waals surface area contributed by atoms with Gasteiger partial charge in [0.15, 0.2) is 0 Å². The van der Waals surface area contributed by atoms with Crippen molar-refractivity contribution in [3.05, 3.63) is 65.7 Å². The van der Waals surface area contributed by atoms with E-state index in [2.05, 4.69) is 10.6 Å². The molecule has 116 valence electrons. The lowest BCUT2D eigenvalue weighted by atomic mass is 10.1. The summed E-state index contributed by atoms with van der Waals surface area (Å²) in [6.07, 6.45) is -0.756. The largest absolute Gasteiger partial charge is 0.497 e. The fourth-order valence-corrected chi connectivity index (χ4v) is 1.97. The number of methoxy groups -OCH3 is 1. The Labute approximate surface area is 129 Å². The Morgan fingerprint density at radius 2 is 1.77 bits per heavy atom. The molecule has 5 heteroatoms. The molecule has 0 aliphatic carbocycles. The van der Waals surface area contributed by atoms with E-state index in [0.717, 1.165) is 16.9 Å². The van der Waals surface area contributed by atoms with Crippen molar-refractivity contribution in [1.82, 2.24) is 10.6 Å². The molecule has 0 bridgehead atoms. The number of benzene rings is 2. The van der Waals surface area contributed by atoms with E-state index < -0.39 is 6.10 Å². The molecule has 0 aromatic heterocycles. The third-order valence-corrected chi connectivity index (χ3v) is 3.25. The third kappa shape index (κ3) is 4.79. The van der Waals surface area contributed by atoms with Crippen LogP contribution in [0.25, 0.3) is 0 Å². The Morgan fingerprint density at radius 1 is 1.09 bits per heavy atom. The molecule has 0 saturated heterocycles. The fourth-order valence-electron chi connectivity index (χ4n) is 1.97. The van der Waals surface area contributed by atoms with Crippen LogP contribution in [-0.4, -0.2) is 24.8 Å². The second kappa shape index (κ2) is 8.05. The molecule has 2 rings (SSSR count). The Kier molecular flexibility index (Phi) is 5.80. The predicted molar refractivity (Wildman–Crippen MR) is 84.6 cm³/mol. The summed E-state index contributed by atoms with van der Waals surface area (Å²) >= 11 is 0.